The van der Waals surface area contributed by atoms with Gasteiger partial charge in [-0.1, -0.05) is 30.3 Å². The third-order valence-electron chi connectivity index (χ3n) is 2.19. The second-order valence-electron chi connectivity index (χ2n) is 3.52. The van der Waals surface area contributed by atoms with Crippen LogP contribution in [0.15, 0.2) is 48.7 Å². The predicted molar refractivity (Wildman–Crippen MR) is 64.4 cm³/mol. The first-order valence-electron chi connectivity index (χ1n) is 5.34. The van der Waals surface area contributed by atoms with E-state index in [0.717, 1.165) is 5.56 Å². The monoisotopic (exact) mass is 246 g/mol. The zero-order valence-electron chi connectivity index (χ0n) is 9.47. The molecule has 1 aromatic heterocycles. The third-order valence-corrected chi connectivity index (χ3v) is 2.19. The van der Waals surface area contributed by atoms with Crippen molar-refractivity contribution >= 4 is 11.9 Å². The van der Waals surface area contributed by atoms with Crippen molar-refractivity contribution in [1.29, 1.82) is 0 Å². The number of amides is 1. The first-order chi connectivity index (χ1) is 8.75. The van der Waals surface area contributed by atoms with Crippen LogP contribution in [-0.2, 0) is 11.3 Å². The van der Waals surface area contributed by atoms with Gasteiger partial charge < -0.3 is 4.74 Å². The lowest BCUT2D eigenvalue weighted by Crippen LogP contribution is -2.15. The minimum absolute atomic E-state index is 0.126. The summed E-state index contributed by atoms with van der Waals surface area (Å²) in [5.41, 5.74) is 0.856. The van der Waals surface area contributed by atoms with E-state index in [-0.39, 0.29) is 12.4 Å². The molecule has 0 aliphatic carbocycles. The van der Waals surface area contributed by atoms with Gasteiger partial charge in [0.1, 0.15) is 6.61 Å². The maximum absolute atomic E-state index is 13.2. The number of rotatable bonds is 3. The second-order valence-corrected chi connectivity index (χ2v) is 3.52. The molecule has 0 saturated carbocycles. The molecule has 0 atom stereocenters. The predicted octanol–water partition coefficient (Wildman–Crippen LogP) is 2.97. The molecule has 0 saturated heterocycles. The molecular weight excluding hydrogens is 235 g/mol. The molecule has 0 unspecified atom stereocenters. The van der Waals surface area contributed by atoms with E-state index < -0.39 is 11.9 Å². The molecule has 2 aromatic rings. The third kappa shape index (κ3) is 3.28. The lowest BCUT2D eigenvalue weighted by Gasteiger charge is -2.06. The Hall–Kier alpha value is -2.43. The Morgan fingerprint density at radius 3 is 2.72 bits per heavy atom. The van der Waals surface area contributed by atoms with Gasteiger partial charge in [-0.3, -0.25) is 5.32 Å². The van der Waals surface area contributed by atoms with Gasteiger partial charge in [0.25, 0.3) is 0 Å². The average Bonchev–Trinajstić information content (AvgIpc) is 2.40. The van der Waals surface area contributed by atoms with Gasteiger partial charge in [0, 0.05) is 6.20 Å². The smallest absolute Gasteiger partial charge is 0.413 e. The van der Waals surface area contributed by atoms with E-state index in [9.17, 15) is 9.18 Å². The summed E-state index contributed by atoms with van der Waals surface area (Å²) in [6, 6.07) is 11.9. The van der Waals surface area contributed by atoms with E-state index in [1.54, 1.807) is 0 Å². The summed E-state index contributed by atoms with van der Waals surface area (Å²) in [5.74, 6) is -0.746. The number of nitrogens with zero attached hydrogens (tertiary/aromatic N) is 1. The van der Waals surface area contributed by atoms with E-state index in [4.69, 9.17) is 4.74 Å². The highest BCUT2D eigenvalue weighted by molar-refractivity contribution is 5.83. The van der Waals surface area contributed by atoms with E-state index in [0.29, 0.717) is 0 Å². The van der Waals surface area contributed by atoms with Gasteiger partial charge >= 0.3 is 6.09 Å². The summed E-state index contributed by atoms with van der Waals surface area (Å²) < 4.78 is 18.1. The fourth-order valence-electron chi connectivity index (χ4n) is 1.33. The average molecular weight is 246 g/mol. The van der Waals surface area contributed by atoms with Gasteiger partial charge in [-0.25, -0.2) is 14.2 Å². The van der Waals surface area contributed by atoms with Crippen molar-refractivity contribution in [3.05, 3.63) is 60.0 Å². The lowest BCUT2D eigenvalue weighted by molar-refractivity contribution is 0.155. The number of ether oxygens (including phenoxy) is 1. The van der Waals surface area contributed by atoms with Crippen LogP contribution in [0.3, 0.4) is 0 Å². The fourth-order valence-corrected chi connectivity index (χ4v) is 1.33. The van der Waals surface area contributed by atoms with Crippen molar-refractivity contribution in [3.63, 3.8) is 0 Å². The summed E-state index contributed by atoms with van der Waals surface area (Å²) in [7, 11) is 0. The fraction of sp³-hybridized carbons (Fsp3) is 0.0769. The number of nitrogens with one attached hydrogen (secondary N) is 1. The number of pyridine rings is 1. The van der Waals surface area contributed by atoms with E-state index in [1.807, 2.05) is 30.3 Å². The number of carbonyl (C=O) groups is 1. The van der Waals surface area contributed by atoms with Crippen LogP contribution in [0.5, 0.6) is 0 Å². The Bertz CT molecular complexity index is 532. The summed E-state index contributed by atoms with van der Waals surface area (Å²) in [4.78, 5) is 15.1. The highest BCUT2D eigenvalue weighted by Crippen LogP contribution is 2.09. The SMILES string of the molecule is O=C(Nc1ncccc1F)OCc1ccccc1. The van der Waals surface area contributed by atoms with E-state index in [2.05, 4.69) is 10.3 Å². The molecule has 1 amide bonds. The van der Waals surface area contributed by atoms with Crippen molar-refractivity contribution in [3.8, 4) is 0 Å². The van der Waals surface area contributed by atoms with Crippen molar-refractivity contribution in [1.82, 2.24) is 4.98 Å². The molecule has 1 heterocycles. The number of carbonyl (C=O) groups excluding carboxylic acids is 1. The van der Waals surface area contributed by atoms with Gasteiger partial charge in [0.05, 0.1) is 0 Å². The van der Waals surface area contributed by atoms with Crippen molar-refractivity contribution < 1.29 is 13.9 Å². The number of aromatic nitrogens is 1. The number of hydrogen-bond donors (Lipinski definition) is 1. The highest BCUT2D eigenvalue weighted by Gasteiger charge is 2.08. The van der Waals surface area contributed by atoms with Crippen LogP contribution in [-0.4, -0.2) is 11.1 Å². The molecule has 0 radical (unpaired) electrons. The van der Waals surface area contributed by atoms with E-state index in [1.165, 1.54) is 18.3 Å². The van der Waals surface area contributed by atoms with Gasteiger partial charge in [0.15, 0.2) is 11.6 Å². The maximum atomic E-state index is 13.2. The molecular formula is C13H11FN2O2. The highest BCUT2D eigenvalue weighted by atomic mass is 19.1. The zero-order valence-corrected chi connectivity index (χ0v) is 9.47. The Balaban J connectivity index is 1.88. The van der Waals surface area contributed by atoms with Gasteiger partial charge in [-0.15, -0.1) is 0 Å². The van der Waals surface area contributed by atoms with E-state index >= 15 is 0 Å². The Morgan fingerprint density at radius 2 is 2.00 bits per heavy atom. The van der Waals surface area contributed by atoms with Crippen LogP contribution in [0.1, 0.15) is 5.56 Å². The molecule has 92 valence electrons. The van der Waals surface area contributed by atoms with Crippen LogP contribution < -0.4 is 5.32 Å². The van der Waals surface area contributed by atoms with Crippen molar-refractivity contribution in [2.24, 2.45) is 0 Å². The quantitative estimate of drug-likeness (QED) is 0.905. The summed E-state index contributed by atoms with van der Waals surface area (Å²) in [5, 5.41) is 2.23. The normalized spacial score (nSPS) is 9.83. The number of anilines is 1. The second kappa shape index (κ2) is 5.77. The topological polar surface area (TPSA) is 51.2 Å². The summed E-state index contributed by atoms with van der Waals surface area (Å²) in [6.45, 7) is 0.126. The minimum atomic E-state index is -0.739. The van der Waals surface area contributed by atoms with Gasteiger partial charge in [0.2, 0.25) is 0 Å². The first-order valence-corrected chi connectivity index (χ1v) is 5.34. The van der Waals surface area contributed by atoms with Gasteiger partial charge in [-0.2, -0.15) is 0 Å². The molecule has 0 spiro atoms. The Morgan fingerprint density at radius 1 is 1.22 bits per heavy atom. The molecule has 1 aromatic carbocycles. The van der Waals surface area contributed by atoms with Crippen LogP contribution >= 0.6 is 0 Å². The largest absolute Gasteiger partial charge is 0.444 e. The summed E-state index contributed by atoms with van der Waals surface area (Å²) >= 11 is 0. The minimum Gasteiger partial charge on any atom is -0.444 e. The van der Waals surface area contributed by atoms with Crippen LogP contribution in [0.25, 0.3) is 0 Å². The summed E-state index contributed by atoms with van der Waals surface area (Å²) in [6.07, 6.45) is 0.645. The number of halogens is 1. The first kappa shape index (κ1) is 12.0. The lowest BCUT2D eigenvalue weighted by atomic mass is 10.2. The molecule has 0 bridgehead atoms. The van der Waals surface area contributed by atoms with Crippen LogP contribution in [0.4, 0.5) is 15.0 Å². The molecule has 2 rings (SSSR count). The molecule has 0 aliphatic heterocycles. The van der Waals surface area contributed by atoms with Crippen molar-refractivity contribution in [2.75, 3.05) is 5.32 Å². The van der Waals surface area contributed by atoms with Crippen LogP contribution in [0, 0.1) is 5.82 Å². The van der Waals surface area contributed by atoms with Gasteiger partial charge in [-0.05, 0) is 17.7 Å². The van der Waals surface area contributed by atoms with Crippen molar-refractivity contribution in [2.45, 2.75) is 6.61 Å². The molecule has 18 heavy (non-hydrogen) atoms. The standard InChI is InChI=1S/C13H11FN2O2/c14-11-7-4-8-15-12(11)16-13(17)18-9-10-5-2-1-3-6-10/h1-8H,9H2,(H,15,16,17). The molecule has 4 nitrogen and oxygen atoms in total. The molecule has 1 N–H and O–H groups in total. The Labute approximate surface area is 103 Å². The van der Waals surface area contributed by atoms with Crippen LogP contribution in [0.2, 0.25) is 0 Å². The number of hydrogen-bond acceptors (Lipinski definition) is 3. The zero-order chi connectivity index (χ0) is 12.8. The molecule has 0 aliphatic rings. The maximum Gasteiger partial charge on any atom is 0.413 e. The number of benzene rings is 1. The molecule has 5 heteroatoms. The molecule has 0 fully saturated rings. The Kier molecular flexibility index (Phi) is 3.86.